The minimum Gasteiger partial charge on any atom is -0.490 e. The second-order valence-corrected chi connectivity index (χ2v) is 8.81. The van der Waals surface area contributed by atoms with Crippen LogP contribution in [-0.2, 0) is 16.0 Å². The van der Waals surface area contributed by atoms with Gasteiger partial charge in [-0.25, -0.2) is 4.79 Å². The number of carboxylic acid groups (broad SMARTS) is 1. The molecule has 0 aliphatic heterocycles. The average Bonchev–Trinajstić information content (AvgIpc) is 3.55. The summed E-state index contributed by atoms with van der Waals surface area (Å²) >= 11 is 0. The summed E-state index contributed by atoms with van der Waals surface area (Å²) in [6.45, 7) is 1.03. The van der Waals surface area contributed by atoms with Crippen LogP contribution in [0.15, 0.2) is 71.3 Å². The van der Waals surface area contributed by atoms with Gasteiger partial charge in [-0.2, -0.15) is 0 Å². The number of benzene rings is 2. The number of rotatable bonds is 10. The second kappa shape index (κ2) is 11.2. The molecule has 1 saturated carbocycles. The third-order valence-electron chi connectivity index (χ3n) is 5.87. The molecule has 0 bridgehead atoms. The van der Waals surface area contributed by atoms with Crippen LogP contribution >= 0.6 is 0 Å². The smallest absolute Gasteiger partial charge is 0.329 e. The Labute approximate surface area is 208 Å². The number of nitrogens with zero attached hydrogens (tertiary/aromatic N) is 1. The Hall–Kier alpha value is -3.58. The number of carboxylic acids is 1. The Morgan fingerprint density at radius 1 is 1.09 bits per heavy atom. The van der Waals surface area contributed by atoms with Gasteiger partial charge in [-0.1, -0.05) is 30.3 Å². The fourth-order valence-corrected chi connectivity index (χ4v) is 4.09. The number of carbonyl (C=O) groups excluding carboxylic acids is 1. The maximum absolute atomic E-state index is 13.6. The van der Waals surface area contributed by atoms with Crippen molar-refractivity contribution in [2.45, 2.75) is 57.9 Å². The molecule has 1 aliphatic carbocycles. The van der Waals surface area contributed by atoms with Crippen LogP contribution in [0.2, 0.25) is 0 Å². The monoisotopic (exact) mass is 479 g/mol. The van der Waals surface area contributed by atoms with Crippen molar-refractivity contribution >= 4 is 11.9 Å². The first kappa shape index (κ1) is 21.9. The molecule has 1 aromatic heterocycles. The van der Waals surface area contributed by atoms with Gasteiger partial charge in [-0.05, 0) is 57.0 Å². The maximum Gasteiger partial charge on any atom is 0.329 e. The van der Waals surface area contributed by atoms with Crippen molar-refractivity contribution in [1.29, 1.82) is 0 Å². The quantitative estimate of drug-likeness (QED) is 0.419. The van der Waals surface area contributed by atoms with E-state index in [4.69, 9.17) is 21.7 Å². The van der Waals surface area contributed by atoms with Crippen LogP contribution in [-0.4, -0.2) is 46.7 Å². The van der Waals surface area contributed by atoms with E-state index < -0.39 is 24.4 Å². The zero-order valence-corrected chi connectivity index (χ0v) is 19.8. The van der Waals surface area contributed by atoms with Gasteiger partial charge in [0.05, 0.1) is 15.1 Å². The van der Waals surface area contributed by atoms with Crippen LogP contribution in [0.5, 0.6) is 5.75 Å². The number of ether oxygens (including phenoxy) is 2. The van der Waals surface area contributed by atoms with Crippen molar-refractivity contribution in [3.8, 4) is 17.1 Å². The summed E-state index contributed by atoms with van der Waals surface area (Å²) in [6, 6.07) is 16.9. The van der Waals surface area contributed by atoms with E-state index >= 15 is 0 Å². The van der Waals surface area contributed by atoms with E-state index in [1.807, 2.05) is 6.07 Å². The molecule has 2 aromatic carbocycles. The van der Waals surface area contributed by atoms with E-state index in [1.165, 1.54) is 4.90 Å². The van der Waals surface area contributed by atoms with Crippen molar-refractivity contribution in [3.05, 3.63) is 78.1 Å². The van der Waals surface area contributed by atoms with Crippen LogP contribution in [0.1, 0.15) is 51.8 Å². The molecule has 1 amide bonds. The standard InChI is InChI=1S/C28H31NO6/c1-19(2)29(28(32)21-11-9-20(10-12-21)25-8-5-15-33-25)17-22-6-3-4-7-26(22)35-24-14-13-23(16-24)34-18-27(30)31/h3-12,15,19,23-24H,13-14,16-18H2,1-2H3,(H,30,31)/i17D2. The largest absolute Gasteiger partial charge is 0.490 e. The highest BCUT2D eigenvalue weighted by atomic mass is 16.5. The molecule has 184 valence electrons. The van der Waals surface area contributed by atoms with Crippen molar-refractivity contribution in [2.24, 2.45) is 0 Å². The zero-order chi connectivity index (χ0) is 26.6. The summed E-state index contributed by atoms with van der Waals surface area (Å²) < 4.78 is 35.1. The first-order valence-corrected chi connectivity index (χ1v) is 11.7. The van der Waals surface area contributed by atoms with Gasteiger partial charge >= 0.3 is 5.97 Å². The lowest BCUT2D eigenvalue weighted by Crippen LogP contribution is -2.36. The van der Waals surface area contributed by atoms with Gasteiger partial charge in [0.15, 0.2) is 0 Å². The number of amides is 1. The Bertz CT molecular complexity index is 1210. The van der Waals surface area contributed by atoms with Gasteiger partial charge in [0.1, 0.15) is 24.2 Å². The molecule has 4 rings (SSSR count). The van der Waals surface area contributed by atoms with E-state index in [2.05, 4.69) is 0 Å². The lowest BCUT2D eigenvalue weighted by Gasteiger charge is -2.28. The van der Waals surface area contributed by atoms with Gasteiger partial charge in [0.2, 0.25) is 0 Å². The topological polar surface area (TPSA) is 89.2 Å². The summed E-state index contributed by atoms with van der Waals surface area (Å²) in [5.41, 5.74) is 1.43. The minimum atomic E-state index is -2.17. The molecule has 3 aromatic rings. The summed E-state index contributed by atoms with van der Waals surface area (Å²) in [4.78, 5) is 25.6. The predicted molar refractivity (Wildman–Crippen MR) is 131 cm³/mol. The third kappa shape index (κ3) is 6.31. The molecule has 1 aliphatic rings. The first-order valence-electron chi connectivity index (χ1n) is 12.7. The normalized spacial score (nSPS) is 18.7. The number of hydrogen-bond donors (Lipinski definition) is 1. The second-order valence-electron chi connectivity index (χ2n) is 8.81. The molecule has 7 nitrogen and oxygen atoms in total. The molecule has 2 unspecified atom stereocenters. The molecule has 1 N–H and O–H groups in total. The van der Waals surface area contributed by atoms with Crippen LogP contribution in [0.4, 0.5) is 0 Å². The zero-order valence-electron chi connectivity index (χ0n) is 21.8. The van der Waals surface area contributed by atoms with E-state index in [9.17, 15) is 9.59 Å². The number of carbonyl (C=O) groups is 2. The molecular formula is C28H31NO6. The highest BCUT2D eigenvalue weighted by Crippen LogP contribution is 2.30. The van der Waals surface area contributed by atoms with Crippen LogP contribution in [0, 0.1) is 0 Å². The van der Waals surface area contributed by atoms with Crippen LogP contribution in [0.25, 0.3) is 11.3 Å². The molecule has 35 heavy (non-hydrogen) atoms. The molecule has 2 atom stereocenters. The summed E-state index contributed by atoms with van der Waals surface area (Å²) in [6.07, 6.45) is 2.96. The SMILES string of the molecule is [2H]C([2H])(c1ccccc1OC1CCC(OCC(=O)O)C1)N(C(=O)c1ccc(-c2ccco2)cc1)C(C)C. The summed E-state index contributed by atoms with van der Waals surface area (Å²) in [7, 11) is 0. The Balaban J connectivity index is 1.54. The first-order chi connectivity index (χ1) is 17.7. The molecule has 0 radical (unpaired) electrons. The predicted octanol–water partition coefficient (Wildman–Crippen LogP) is 5.40. The van der Waals surface area contributed by atoms with Crippen molar-refractivity contribution in [3.63, 3.8) is 0 Å². The Morgan fingerprint density at radius 2 is 1.83 bits per heavy atom. The number of aliphatic carboxylic acids is 1. The Morgan fingerprint density at radius 3 is 2.51 bits per heavy atom. The molecular weight excluding hydrogens is 446 g/mol. The fraction of sp³-hybridized carbons (Fsp3) is 0.357. The van der Waals surface area contributed by atoms with E-state index in [0.29, 0.717) is 36.3 Å². The lowest BCUT2D eigenvalue weighted by molar-refractivity contribution is -0.144. The molecule has 0 spiro atoms. The Kier molecular flexibility index (Phi) is 7.03. The van der Waals surface area contributed by atoms with Crippen LogP contribution < -0.4 is 4.74 Å². The van der Waals surface area contributed by atoms with Crippen LogP contribution in [0.3, 0.4) is 0 Å². The third-order valence-corrected chi connectivity index (χ3v) is 5.87. The molecule has 7 heteroatoms. The molecule has 1 heterocycles. The van der Waals surface area contributed by atoms with Crippen molar-refractivity contribution < 1.29 is 31.3 Å². The van der Waals surface area contributed by atoms with Gasteiger partial charge in [0.25, 0.3) is 5.91 Å². The average molecular weight is 480 g/mol. The van der Waals surface area contributed by atoms with Gasteiger partial charge in [-0.15, -0.1) is 0 Å². The van der Waals surface area contributed by atoms with E-state index in [0.717, 1.165) is 5.56 Å². The molecule has 0 saturated heterocycles. The number of para-hydroxylation sites is 1. The minimum absolute atomic E-state index is 0.220. The van der Waals surface area contributed by atoms with Crippen molar-refractivity contribution in [1.82, 2.24) is 4.90 Å². The van der Waals surface area contributed by atoms with Gasteiger partial charge in [-0.3, -0.25) is 4.79 Å². The highest BCUT2D eigenvalue weighted by molar-refractivity contribution is 5.94. The lowest BCUT2D eigenvalue weighted by atomic mass is 10.1. The maximum atomic E-state index is 13.6. The van der Waals surface area contributed by atoms with Gasteiger partial charge in [0, 0.05) is 35.6 Å². The highest BCUT2D eigenvalue weighted by Gasteiger charge is 2.28. The summed E-state index contributed by atoms with van der Waals surface area (Å²) in [5.74, 6) is -0.424. The number of furan rings is 1. The summed E-state index contributed by atoms with van der Waals surface area (Å²) in [5, 5.41) is 8.85. The molecule has 1 fully saturated rings. The van der Waals surface area contributed by atoms with E-state index in [1.54, 1.807) is 74.7 Å². The fourth-order valence-electron chi connectivity index (χ4n) is 4.09. The van der Waals surface area contributed by atoms with Gasteiger partial charge < -0.3 is 23.9 Å². The van der Waals surface area contributed by atoms with E-state index in [-0.39, 0.29) is 24.4 Å². The number of hydrogen-bond acceptors (Lipinski definition) is 5. The van der Waals surface area contributed by atoms with Crippen molar-refractivity contribution in [2.75, 3.05) is 6.61 Å².